The van der Waals surface area contributed by atoms with Crippen molar-refractivity contribution in [2.24, 2.45) is 5.92 Å². The zero-order chi connectivity index (χ0) is 30.2. The first kappa shape index (κ1) is 32.6. The Bertz CT molecular complexity index is 1170. The second-order valence-corrected chi connectivity index (χ2v) is 9.65. The molecule has 0 aliphatic rings. The molecule has 11 heteroatoms. The minimum absolute atomic E-state index is 0.0984. The van der Waals surface area contributed by atoms with Crippen molar-refractivity contribution >= 4 is 29.7 Å². The smallest absolute Gasteiger partial charge is 0.328 e. The lowest BCUT2D eigenvalue weighted by Gasteiger charge is -2.29. The predicted octanol–water partition coefficient (Wildman–Crippen LogP) is 3.50. The number of nitriles is 1. The topological polar surface area (TPSA) is 141 Å². The first-order valence-corrected chi connectivity index (χ1v) is 13.5. The first-order chi connectivity index (χ1) is 19.7. The molecule has 0 heterocycles. The minimum atomic E-state index is -0.912. The number of benzene rings is 2. The molecule has 11 nitrogen and oxygen atoms in total. The molecule has 0 aliphatic carbocycles. The van der Waals surface area contributed by atoms with Crippen LogP contribution in [0.2, 0.25) is 0 Å². The molecule has 2 aromatic carbocycles. The molecule has 0 saturated heterocycles. The molecule has 2 N–H and O–H groups in total. The average molecular weight is 566 g/mol. The number of esters is 2. The molecule has 0 unspecified atom stereocenters. The summed E-state index contributed by atoms with van der Waals surface area (Å²) in [6, 6.07) is 17.5. The van der Waals surface area contributed by atoms with Gasteiger partial charge >= 0.3 is 24.0 Å². The van der Waals surface area contributed by atoms with E-state index in [1.807, 2.05) is 42.5 Å². The van der Waals surface area contributed by atoms with E-state index in [1.165, 1.54) is 24.0 Å². The number of rotatable bonds is 14. The van der Waals surface area contributed by atoms with Gasteiger partial charge in [0.05, 0.1) is 26.7 Å². The molecule has 0 bridgehead atoms. The average Bonchev–Trinajstić information content (AvgIpc) is 2.98. The van der Waals surface area contributed by atoms with E-state index >= 15 is 0 Å². The van der Waals surface area contributed by atoms with Crippen molar-refractivity contribution in [2.45, 2.75) is 45.2 Å². The van der Waals surface area contributed by atoms with Crippen LogP contribution >= 0.6 is 0 Å². The van der Waals surface area contributed by atoms with Crippen LogP contribution in [0.4, 0.5) is 15.3 Å². The maximum atomic E-state index is 13.5. The molecule has 4 amide bonds. The first-order valence-electron chi connectivity index (χ1n) is 13.5. The highest BCUT2D eigenvalue weighted by atomic mass is 16.5. The number of ether oxygens (including phenoxy) is 2. The molecule has 41 heavy (non-hydrogen) atoms. The lowest BCUT2D eigenvalue weighted by Crippen LogP contribution is -2.52. The Morgan fingerprint density at radius 1 is 0.829 bits per heavy atom. The highest BCUT2D eigenvalue weighted by Gasteiger charge is 2.28. The van der Waals surface area contributed by atoms with Crippen molar-refractivity contribution in [1.82, 2.24) is 15.5 Å². The van der Waals surface area contributed by atoms with Gasteiger partial charge < -0.3 is 25.0 Å². The van der Waals surface area contributed by atoms with Gasteiger partial charge in [0.25, 0.3) is 0 Å². The largest absolute Gasteiger partial charge is 0.467 e. The summed E-state index contributed by atoms with van der Waals surface area (Å²) in [5.41, 5.74) is 1.46. The lowest BCUT2D eigenvalue weighted by atomic mass is 10.1. The van der Waals surface area contributed by atoms with Crippen LogP contribution in [-0.4, -0.2) is 74.8 Å². The van der Waals surface area contributed by atoms with Crippen LogP contribution in [0, 0.1) is 17.2 Å². The highest BCUT2D eigenvalue weighted by molar-refractivity contribution is 5.94. The number of nitrogens with one attached hydrogen (secondary N) is 2. The van der Waals surface area contributed by atoms with Crippen LogP contribution in [0.15, 0.2) is 60.7 Å². The van der Waals surface area contributed by atoms with Gasteiger partial charge in [0.15, 0.2) is 0 Å². The Hall–Kier alpha value is -4.59. The normalized spacial score (nSPS) is 11.9. The Kier molecular flexibility index (Phi) is 13.7. The summed E-state index contributed by atoms with van der Waals surface area (Å²) in [5.74, 6) is -1.34. The maximum Gasteiger partial charge on any atom is 0.328 e. The molecular weight excluding hydrogens is 526 g/mol. The molecule has 0 saturated carbocycles. The molecular formula is C30H39N5O6. The molecule has 220 valence electrons. The van der Waals surface area contributed by atoms with Crippen LogP contribution in [0.3, 0.4) is 0 Å². The van der Waals surface area contributed by atoms with Gasteiger partial charge in [-0.3, -0.25) is 4.90 Å². The maximum absolute atomic E-state index is 13.5. The van der Waals surface area contributed by atoms with Crippen LogP contribution in [0.1, 0.15) is 32.3 Å². The second-order valence-electron chi connectivity index (χ2n) is 9.65. The van der Waals surface area contributed by atoms with Crippen molar-refractivity contribution in [3.63, 3.8) is 0 Å². The summed E-state index contributed by atoms with van der Waals surface area (Å²) in [5, 5.41) is 14.6. The van der Waals surface area contributed by atoms with Crippen molar-refractivity contribution in [3.05, 3.63) is 66.2 Å². The highest BCUT2D eigenvalue weighted by Crippen LogP contribution is 2.16. The fraction of sp³-hybridized carbons (Fsp3) is 0.433. The SMILES string of the molecule is COC(=O)[C@@H](NC(=O)N(CCC#N)CCCN(C(=O)N[C@H](Cc1ccccc1)C(=O)OC)c1ccccc1)C(C)C. The summed E-state index contributed by atoms with van der Waals surface area (Å²) in [4.78, 5) is 54.1. The van der Waals surface area contributed by atoms with Gasteiger partial charge in [-0.2, -0.15) is 5.26 Å². The second kappa shape index (κ2) is 17.2. The zero-order valence-corrected chi connectivity index (χ0v) is 24.0. The van der Waals surface area contributed by atoms with E-state index in [-0.39, 0.29) is 38.4 Å². The fourth-order valence-electron chi connectivity index (χ4n) is 4.14. The number of methoxy groups -OCH3 is 2. The number of amides is 4. The molecule has 2 rings (SSSR count). The molecule has 0 radical (unpaired) electrons. The molecule has 0 spiro atoms. The molecule has 0 aromatic heterocycles. The Morgan fingerprint density at radius 2 is 1.44 bits per heavy atom. The van der Waals surface area contributed by atoms with E-state index in [0.29, 0.717) is 12.1 Å². The van der Waals surface area contributed by atoms with E-state index in [0.717, 1.165) is 5.56 Å². The van der Waals surface area contributed by atoms with Crippen molar-refractivity contribution in [1.29, 1.82) is 5.26 Å². The molecule has 0 fully saturated rings. The van der Waals surface area contributed by atoms with Gasteiger partial charge in [-0.25, -0.2) is 19.2 Å². The summed E-state index contributed by atoms with van der Waals surface area (Å²) >= 11 is 0. The van der Waals surface area contributed by atoms with Crippen LogP contribution in [0.5, 0.6) is 0 Å². The Balaban J connectivity index is 2.17. The summed E-state index contributed by atoms with van der Waals surface area (Å²) in [6.07, 6.45) is 0.704. The summed E-state index contributed by atoms with van der Waals surface area (Å²) in [7, 11) is 2.53. The number of urea groups is 2. The fourth-order valence-corrected chi connectivity index (χ4v) is 4.14. The van der Waals surface area contributed by atoms with Crippen LogP contribution in [0.25, 0.3) is 0 Å². The van der Waals surface area contributed by atoms with E-state index in [4.69, 9.17) is 14.7 Å². The Morgan fingerprint density at radius 3 is 2.00 bits per heavy atom. The molecule has 0 aliphatic heterocycles. The van der Waals surface area contributed by atoms with Crippen LogP contribution in [-0.2, 0) is 25.5 Å². The number of anilines is 1. The predicted molar refractivity (Wildman–Crippen MR) is 154 cm³/mol. The summed E-state index contributed by atoms with van der Waals surface area (Å²) < 4.78 is 9.75. The van der Waals surface area contributed by atoms with Gasteiger partial charge in [-0.15, -0.1) is 0 Å². The lowest BCUT2D eigenvalue weighted by molar-refractivity contribution is -0.144. The van der Waals surface area contributed by atoms with Gasteiger partial charge in [0.1, 0.15) is 12.1 Å². The van der Waals surface area contributed by atoms with Crippen LogP contribution < -0.4 is 15.5 Å². The van der Waals surface area contributed by atoms with E-state index < -0.39 is 36.1 Å². The van der Waals surface area contributed by atoms with Gasteiger partial charge in [0, 0.05) is 31.7 Å². The number of nitrogens with zero attached hydrogens (tertiary/aromatic N) is 3. The van der Waals surface area contributed by atoms with E-state index in [9.17, 15) is 19.2 Å². The zero-order valence-electron chi connectivity index (χ0n) is 24.0. The quantitative estimate of drug-likeness (QED) is 0.334. The molecule has 2 atom stereocenters. The van der Waals surface area contributed by atoms with Crippen molar-refractivity contribution in [3.8, 4) is 6.07 Å². The van der Waals surface area contributed by atoms with E-state index in [2.05, 4.69) is 10.6 Å². The van der Waals surface area contributed by atoms with E-state index in [1.54, 1.807) is 38.1 Å². The third kappa shape index (κ3) is 10.5. The van der Waals surface area contributed by atoms with Gasteiger partial charge in [-0.05, 0) is 30.0 Å². The number of hydrogen-bond acceptors (Lipinski definition) is 7. The van der Waals surface area contributed by atoms with Gasteiger partial charge in [0.2, 0.25) is 0 Å². The number of para-hydroxylation sites is 1. The third-order valence-corrected chi connectivity index (χ3v) is 6.37. The van der Waals surface area contributed by atoms with Gasteiger partial charge in [-0.1, -0.05) is 62.4 Å². The number of hydrogen-bond donors (Lipinski definition) is 2. The van der Waals surface area contributed by atoms with Crippen molar-refractivity contribution in [2.75, 3.05) is 38.8 Å². The third-order valence-electron chi connectivity index (χ3n) is 6.37. The summed E-state index contributed by atoms with van der Waals surface area (Å²) in [6.45, 7) is 4.14. The standard InChI is InChI=1S/C30H39N5O6/c1-22(2)26(28(37)41-4)33-29(38)34(18-11-17-31)19-12-20-35(24-15-9-6-10-16-24)30(39)32-25(27(36)40-3)21-23-13-7-5-8-14-23/h5-10,13-16,22,25-26H,11-12,18-21H2,1-4H3,(H,32,39)(H,33,38)/t25-,26+/m1/s1. The number of carbonyl (C=O) groups excluding carboxylic acids is 4. The Labute approximate surface area is 241 Å². The minimum Gasteiger partial charge on any atom is -0.467 e. The monoisotopic (exact) mass is 565 g/mol. The van der Waals surface area contributed by atoms with Crippen molar-refractivity contribution < 1.29 is 28.7 Å². The number of carbonyl (C=O) groups is 4. The molecule has 2 aromatic rings.